The summed E-state index contributed by atoms with van der Waals surface area (Å²) in [6.07, 6.45) is 2.97. The molecule has 2 atom stereocenters. The molecule has 0 saturated heterocycles. The van der Waals surface area contributed by atoms with Gasteiger partial charge in [-0.3, -0.25) is 0 Å². The predicted octanol–water partition coefficient (Wildman–Crippen LogP) is 3.35. The maximum absolute atomic E-state index is 5.89. The van der Waals surface area contributed by atoms with Crippen LogP contribution in [-0.4, -0.2) is 37.7 Å². The Hall–Kier alpha value is -2.96. The number of rotatable bonds is 8. The largest absolute Gasteiger partial charge is 0.493 e. The fraction of sp³-hybridized carbons (Fsp3) is 0.429. The number of hydrogen-bond donors (Lipinski definition) is 2. The minimum absolute atomic E-state index is 0.465. The molecule has 28 heavy (non-hydrogen) atoms. The van der Waals surface area contributed by atoms with Gasteiger partial charge < -0.3 is 24.8 Å². The highest BCUT2D eigenvalue weighted by Gasteiger charge is 2.33. The number of aromatic nitrogens is 1. The van der Waals surface area contributed by atoms with Crippen molar-refractivity contribution in [3.63, 3.8) is 0 Å². The van der Waals surface area contributed by atoms with Crippen molar-refractivity contribution in [3.05, 3.63) is 42.1 Å². The van der Waals surface area contributed by atoms with Gasteiger partial charge in [-0.05, 0) is 37.0 Å². The Kier molecular flexibility index (Phi) is 6.57. The molecule has 150 valence electrons. The van der Waals surface area contributed by atoms with Crippen molar-refractivity contribution in [1.29, 1.82) is 0 Å². The van der Waals surface area contributed by atoms with Crippen molar-refractivity contribution in [2.24, 2.45) is 10.9 Å². The molecule has 1 saturated carbocycles. The van der Waals surface area contributed by atoms with E-state index in [0.29, 0.717) is 41.6 Å². The van der Waals surface area contributed by atoms with E-state index in [-0.39, 0.29) is 0 Å². The van der Waals surface area contributed by atoms with Gasteiger partial charge in [0.25, 0.3) is 0 Å². The minimum Gasteiger partial charge on any atom is -0.493 e. The molecule has 1 aliphatic rings. The Labute approximate surface area is 166 Å². The number of para-hydroxylation sites is 1. The Bertz CT molecular complexity index is 786. The van der Waals surface area contributed by atoms with E-state index in [1.54, 1.807) is 20.4 Å². The molecule has 3 rings (SSSR count). The van der Waals surface area contributed by atoms with Crippen LogP contribution in [0, 0.1) is 5.92 Å². The number of benzene rings is 1. The SMILES string of the molecule is CCNC(=NCc1ccc(Oc2c(OC)cccc2OC)nc1)NC1CC1C. The van der Waals surface area contributed by atoms with E-state index in [0.717, 1.165) is 18.1 Å². The lowest BCUT2D eigenvalue weighted by molar-refractivity contribution is 0.342. The van der Waals surface area contributed by atoms with Crippen LogP contribution in [0.4, 0.5) is 0 Å². The van der Waals surface area contributed by atoms with Crippen molar-refractivity contribution in [1.82, 2.24) is 15.6 Å². The highest BCUT2D eigenvalue weighted by Crippen LogP contribution is 2.39. The third-order valence-electron chi connectivity index (χ3n) is 4.58. The number of aliphatic imine (C=N–C) groups is 1. The molecule has 0 radical (unpaired) electrons. The first-order chi connectivity index (χ1) is 13.6. The predicted molar refractivity (Wildman–Crippen MR) is 109 cm³/mol. The number of nitrogens with one attached hydrogen (secondary N) is 2. The molecule has 0 amide bonds. The van der Waals surface area contributed by atoms with Crippen LogP contribution in [-0.2, 0) is 6.54 Å². The molecule has 2 N–H and O–H groups in total. The van der Waals surface area contributed by atoms with Crippen molar-refractivity contribution >= 4 is 5.96 Å². The lowest BCUT2D eigenvalue weighted by atomic mass is 10.3. The number of ether oxygens (including phenoxy) is 3. The van der Waals surface area contributed by atoms with Crippen LogP contribution < -0.4 is 24.8 Å². The summed E-state index contributed by atoms with van der Waals surface area (Å²) in [7, 11) is 3.18. The number of pyridine rings is 1. The Balaban J connectivity index is 1.66. The van der Waals surface area contributed by atoms with Crippen molar-refractivity contribution < 1.29 is 14.2 Å². The molecule has 1 aliphatic carbocycles. The Morgan fingerprint density at radius 1 is 1.18 bits per heavy atom. The number of methoxy groups -OCH3 is 2. The van der Waals surface area contributed by atoms with Crippen molar-refractivity contribution in [3.8, 4) is 23.1 Å². The molecule has 1 heterocycles. The summed E-state index contributed by atoms with van der Waals surface area (Å²) < 4.78 is 16.6. The van der Waals surface area contributed by atoms with Crippen LogP contribution >= 0.6 is 0 Å². The topological polar surface area (TPSA) is 77.0 Å². The van der Waals surface area contributed by atoms with Crippen LogP contribution in [0.3, 0.4) is 0 Å². The third kappa shape index (κ3) is 5.06. The molecule has 0 spiro atoms. The van der Waals surface area contributed by atoms with Crippen LogP contribution in [0.15, 0.2) is 41.5 Å². The van der Waals surface area contributed by atoms with E-state index in [1.807, 2.05) is 30.3 Å². The first-order valence-corrected chi connectivity index (χ1v) is 9.53. The van der Waals surface area contributed by atoms with Gasteiger partial charge in [-0.15, -0.1) is 0 Å². The van der Waals surface area contributed by atoms with Gasteiger partial charge in [-0.2, -0.15) is 0 Å². The van der Waals surface area contributed by atoms with Crippen LogP contribution in [0.2, 0.25) is 0 Å². The standard InChI is InChI=1S/C21H28N4O3/c1-5-22-21(25-16-11-14(16)2)24-13-15-9-10-19(23-12-15)28-20-17(26-3)7-6-8-18(20)27-4/h6-10,12,14,16H,5,11,13H2,1-4H3,(H2,22,24,25). The number of nitrogens with zero attached hydrogens (tertiary/aromatic N) is 2. The zero-order valence-corrected chi connectivity index (χ0v) is 16.9. The first-order valence-electron chi connectivity index (χ1n) is 9.53. The number of hydrogen-bond acceptors (Lipinski definition) is 5. The van der Waals surface area contributed by atoms with Crippen LogP contribution in [0.25, 0.3) is 0 Å². The molecule has 1 fully saturated rings. The molecule has 7 heteroatoms. The number of guanidine groups is 1. The van der Waals surface area contributed by atoms with Gasteiger partial charge in [0, 0.05) is 24.8 Å². The second kappa shape index (κ2) is 9.30. The Morgan fingerprint density at radius 3 is 2.43 bits per heavy atom. The van der Waals surface area contributed by atoms with Crippen molar-refractivity contribution in [2.45, 2.75) is 32.9 Å². The summed E-state index contributed by atoms with van der Waals surface area (Å²) in [4.78, 5) is 9.03. The summed E-state index contributed by atoms with van der Waals surface area (Å²) in [5.74, 6) is 3.70. The summed E-state index contributed by atoms with van der Waals surface area (Å²) in [5.41, 5.74) is 1.00. The van der Waals surface area contributed by atoms with Gasteiger partial charge in [0.15, 0.2) is 17.5 Å². The smallest absolute Gasteiger partial charge is 0.219 e. The van der Waals surface area contributed by atoms with Gasteiger partial charge in [-0.1, -0.05) is 19.1 Å². The molecule has 2 unspecified atom stereocenters. The second-order valence-electron chi connectivity index (χ2n) is 6.76. The lowest BCUT2D eigenvalue weighted by Crippen LogP contribution is -2.39. The summed E-state index contributed by atoms with van der Waals surface area (Å²) in [5, 5.41) is 6.73. The van der Waals surface area contributed by atoms with Crippen molar-refractivity contribution in [2.75, 3.05) is 20.8 Å². The summed E-state index contributed by atoms with van der Waals surface area (Å²) in [6.45, 7) is 5.67. The monoisotopic (exact) mass is 384 g/mol. The molecular formula is C21H28N4O3. The van der Waals surface area contributed by atoms with Gasteiger partial charge >= 0.3 is 0 Å². The fourth-order valence-corrected chi connectivity index (χ4v) is 2.78. The molecule has 1 aromatic carbocycles. The minimum atomic E-state index is 0.465. The van der Waals surface area contributed by atoms with Gasteiger partial charge in [-0.25, -0.2) is 9.98 Å². The first kappa shape index (κ1) is 19.8. The van der Waals surface area contributed by atoms with E-state index in [4.69, 9.17) is 14.2 Å². The summed E-state index contributed by atoms with van der Waals surface area (Å²) in [6, 6.07) is 9.78. The maximum Gasteiger partial charge on any atom is 0.219 e. The zero-order chi connectivity index (χ0) is 19.9. The molecule has 0 aliphatic heterocycles. The molecule has 2 aromatic rings. The molecule has 0 bridgehead atoms. The fourth-order valence-electron chi connectivity index (χ4n) is 2.78. The van der Waals surface area contributed by atoms with Crippen LogP contribution in [0.5, 0.6) is 23.1 Å². The second-order valence-corrected chi connectivity index (χ2v) is 6.76. The lowest BCUT2D eigenvalue weighted by Gasteiger charge is -2.13. The molecule has 7 nitrogen and oxygen atoms in total. The van der Waals surface area contributed by atoms with E-state index >= 15 is 0 Å². The summed E-state index contributed by atoms with van der Waals surface area (Å²) >= 11 is 0. The normalized spacial score (nSPS) is 18.4. The molecular weight excluding hydrogens is 356 g/mol. The highest BCUT2D eigenvalue weighted by molar-refractivity contribution is 5.80. The van der Waals surface area contributed by atoms with E-state index in [1.165, 1.54) is 6.42 Å². The van der Waals surface area contributed by atoms with Gasteiger partial charge in [0.05, 0.1) is 20.8 Å². The zero-order valence-electron chi connectivity index (χ0n) is 16.9. The van der Waals surface area contributed by atoms with Crippen LogP contribution in [0.1, 0.15) is 25.8 Å². The third-order valence-corrected chi connectivity index (χ3v) is 4.58. The maximum atomic E-state index is 5.89. The quantitative estimate of drug-likeness (QED) is 0.537. The van der Waals surface area contributed by atoms with E-state index in [9.17, 15) is 0 Å². The molecule has 1 aromatic heterocycles. The van der Waals surface area contributed by atoms with Gasteiger partial charge in [0.1, 0.15) is 0 Å². The average Bonchev–Trinajstić information content (AvgIpc) is 3.41. The average molecular weight is 384 g/mol. The van der Waals surface area contributed by atoms with E-state index < -0.39 is 0 Å². The highest BCUT2D eigenvalue weighted by atomic mass is 16.5. The Morgan fingerprint density at radius 2 is 1.89 bits per heavy atom. The van der Waals surface area contributed by atoms with Gasteiger partial charge in [0.2, 0.25) is 11.6 Å². The van der Waals surface area contributed by atoms with E-state index in [2.05, 4.69) is 34.5 Å².